The standard InChI is InChI=1S/C27H19F3N2O2/c1-32-17-24(18-11-13-21(14-12-18)34-27(28,29)30)23-15-19(16-31-26(23)32)22-9-5-6-10-25(22)33-20-7-3-2-4-8-20/h2-17H,1H3. The Bertz CT molecular complexity index is 1440. The van der Waals surface area contributed by atoms with E-state index in [1.165, 1.54) is 12.1 Å². The van der Waals surface area contributed by atoms with E-state index in [4.69, 9.17) is 4.74 Å². The lowest BCUT2D eigenvalue weighted by Crippen LogP contribution is -2.16. The molecule has 0 amide bonds. The molecule has 5 rings (SSSR count). The first-order valence-electron chi connectivity index (χ1n) is 10.5. The first-order valence-corrected chi connectivity index (χ1v) is 10.5. The zero-order valence-corrected chi connectivity index (χ0v) is 18.1. The molecule has 4 nitrogen and oxygen atoms in total. The second kappa shape index (κ2) is 8.59. The van der Waals surface area contributed by atoms with Gasteiger partial charge in [0.25, 0.3) is 0 Å². The van der Waals surface area contributed by atoms with Crippen LogP contribution in [0, 0.1) is 0 Å². The summed E-state index contributed by atoms with van der Waals surface area (Å²) in [5.41, 5.74) is 4.11. The number of hydrogen-bond donors (Lipinski definition) is 0. The fourth-order valence-electron chi connectivity index (χ4n) is 3.88. The van der Waals surface area contributed by atoms with Crippen LogP contribution in [-0.2, 0) is 7.05 Å². The van der Waals surface area contributed by atoms with Crippen LogP contribution in [0.1, 0.15) is 0 Å². The molecule has 0 bridgehead atoms. The van der Waals surface area contributed by atoms with Crippen molar-refractivity contribution >= 4 is 11.0 Å². The summed E-state index contributed by atoms with van der Waals surface area (Å²) >= 11 is 0. The van der Waals surface area contributed by atoms with E-state index in [0.29, 0.717) is 5.75 Å². The topological polar surface area (TPSA) is 36.3 Å². The number of benzene rings is 3. The first-order chi connectivity index (χ1) is 16.4. The molecule has 0 saturated carbocycles. The van der Waals surface area contributed by atoms with Gasteiger partial charge in [0.15, 0.2) is 0 Å². The highest BCUT2D eigenvalue weighted by atomic mass is 19.4. The maximum absolute atomic E-state index is 12.5. The van der Waals surface area contributed by atoms with Gasteiger partial charge in [0.2, 0.25) is 0 Å². The zero-order chi connectivity index (χ0) is 23.7. The number of aryl methyl sites for hydroxylation is 1. The van der Waals surface area contributed by atoms with Gasteiger partial charge in [-0.15, -0.1) is 13.2 Å². The number of alkyl halides is 3. The highest BCUT2D eigenvalue weighted by Gasteiger charge is 2.31. The third kappa shape index (κ3) is 4.45. The molecule has 0 aliphatic heterocycles. The van der Waals surface area contributed by atoms with Crippen LogP contribution in [0.3, 0.4) is 0 Å². The minimum absolute atomic E-state index is 0.262. The Morgan fingerprint density at radius 1 is 0.765 bits per heavy atom. The molecule has 0 atom stereocenters. The smallest absolute Gasteiger partial charge is 0.457 e. The Hall–Kier alpha value is -4.26. The van der Waals surface area contributed by atoms with E-state index < -0.39 is 6.36 Å². The van der Waals surface area contributed by atoms with Crippen molar-refractivity contribution in [1.82, 2.24) is 9.55 Å². The van der Waals surface area contributed by atoms with Crippen molar-refractivity contribution in [2.24, 2.45) is 7.05 Å². The Kier molecular flexibility index (Phi) is 5.45. The van der Waals surface area contributed by atoms with Crippen molar-refractivity contribution < 1.29 is 22.6 Å². The van der Waals surface area contributed by atoms with E-state index in [1.807, 2.05) is 78.5 Å². The highest BCUT2D eigenvalue weighted by Crippen LogP contribution is 2.37. The number of pyridine rings is 1. The number of para-hydroxylation sites is 2. The predicted molar refractivity (Wildman–Crippen MR) is 125 cm³/mol. The van der Waals surface area contributed by atoms with Gasteiger partial charge >= 0.3 is 6.36 Å². The lowest BCUT2D eigenvalue weighted by Gasteiger charge is -2.12. The second-order valence-corrected chi connectivity index (χ2v) is 7.73. The van der Waals surface area contributed by atoms with Gasteiger partial charge < -0.3 is 14.0 Å². The molecular weight excluding hydrogens is 441 g/mol. The average Bonchev–Trinajstić information content (AvgIpc) is 3.15. The summed E-state index contributed by atoms with van der Waals surface area (Å²) in [6.45, 7) is 0. The molecule has 170 valence electrons. The minimum atomic E-state index is -4.73. The number of halogens is 3. The third-order valence-corrected chi connectivity index (χ3v) is 5.38. The van der Waals surface area contributed by atoms with Crippen molar-refractivity contribution in [3.05, 3.63) is 97.3 Å². The van der Waals surface area contributed by atoms with Crippen LogP contribution < -0.4 is 9.47 Å². The number of fused-ring (bicyclic) bond motifs is 1. The summed E-state index contributed by atoms with van der Waals surface area (Å²) in [5, 5.41) is 0.874. The average molecular weight is 460 g/mol. The summed E-state index contributed by atoms with van der Waals surface area (Å²) in [6.07, 6.45) is -1.03. The van der Waals surface area contributed by atoms with Crippen molar-refractivity contribution in [3.8, 4) is 39.5 Å². The van der Waals surface area contributed by atoms with Crippen LogP contribution in [0.5, 0.6) is 17.2 Å². The molecule has 7 heteroatoms. The molecular formula is C27H19F3N2O2. The molecule has 0 unspecified atom stereocenters. The van der Waals surface area contributed by atoms with Crippen molar-refractivity contribution in [3.63, 3.8) is 0 Å². The number of nitrogens with zero attached hydrogens (tertiary/aromatic N) is 2. The van der Waals surface area contributed by atoms with Crippen LogP contribution in [0.2, 0.25) is 0 Å². The second-order valence-electron chi connectivity index (χ2n) is 7.73. The van der Waals surface area contributed by atoms with Crippen LogP contribution in [0.15, 0.2) is 97.3 Å². The SMILES string of the molecule is Cn1cc(-c2ccc(OC(F)(F)F)cc2)c2cc(-c3ccccc3Oc3ccccc3)cnc21. The Morgan fingerprint density at radius 3 is 2.21 bits per heavy atom. The van der Waals surface area contributed by atoms with Crippen molar-refractivity contribution in [2.75, 3.05) is 0 Å². The molecule has 5 aromatic rings. The lowest BCUT2D eigenvalue weighted by molar-refractivity contribution is -0.274. The normalized spacial score (nSPS) is 11.5. The molecule has 0 aliphatic rings. The molecule has 2 aromatic heterocycles. The van der Waals surface area contributed by atoms with Gasteiger partial charge in [-0.3, -0.25) is 0 Å². The summed E-state index contributed by atoms with van der Waals surface area (Å²) < 4.78 is 49.5. The van der Waals surface area contributed by atoms with E-state index in [0.717, 1.165) is 39.0 Å². The third-order valence-electron chi connectivity index (χ3n) is 5.38. The number of hydrogen-bond acceptors (Lipinski definition) is 3. The molecule has 34 heavy (non-hydrogen) atoms. The highest BCUT2D eigenvalue weighted by molar-refractivity contribution is 5.96. The summed E-state index contributed by atoms with van der Waals surface area (Å²) in [4.78, 5) is 4.65. The molecule has 0 aliphatic carbocycles. The maximum atomic E-state index is 12.5. The fraction of sp³-hybridized carbons (Fsp3) is 0.0741. The van der Waals surface area contributed by atoms with E-state index >= 15 is 0 Å². The largest absolute Gasteiger partial charge is 0.573 e. The van der Waals surface area contributed by atoms with Gasteiger partial charge in [0.1, 0.15) is 22.9 Å². The summed E-state index contributed by atoms with van der Waals surface area (Å²) in [5.74, 6) is 1.16. The molecule has 0 radical (unpaired) electrons. The monoisotopic (exact) mass is 460 g/mol. The Morgan fingerprint density at radius 2 is 1.47 bits per heavy atom. The fourth-order valence-corrected chi connectivity index (χ4v) is 3.88. The van der Waals surface area contributed by atoms with E-state index in [9.17, 15) is 13.2 Å². The van der Waals surface area contributed by atoms with Crippen molar-refractivity contribution in [1.29, 1.82) is 0 Å². The molecule has 0 saturated heterocycles. The van der Waals surface area contributed by atoms with E-state index in [1.54, 1.807) is 18.3 Å². The Balaban J connectivity index is 1.55. The van der Waals surface area contributed by atoms with E-state index in [-0.39, 0.29) is 5.75 Å². The molecule has 0 spiro atoms. The van der Waals surface area contributed by atoms with Gasteiger partial charge in [-0.2, -0.15) is 0 Å². The van der Waals surface area contributed by atoms with Gasteiger partial charge in [0, 0.05) is 41.5 Å². The number of ether oxygens (including phenoxy) is 2. The van der Waals surface area contributed by atoms with Crippen LogP contribution in [0.4, 0.5) is 13.2 Å². The van der Waals surface area contributed by atoms with Gasteiger partial charge in [-0.25, -0.2) is 4.98 Å². The maximum Gasteiger partial charge on any atom is 0.573 e. The Labute approximate surface area is 193 Å². The zero-order valence-electron chi connectivity index (χ0n) is 18.1. The molecule has 3 aromatic carbocycles. The van der Waals surface area contributed by atoms with Crippen LogP contribution >= 0.6 is 0 Å². The molecule has 0 N–H and O–H groups in total. The lowest BCUT2D eigenvalue weighted by atomic mass is 10.0. The quantitative estimate of drug-likeness (QED) is 0.271. The summed E-state index contributed by atoms with van der Waals surface area (Å²) in [7, 11) is 1.88. The van der Waals surface area contributed by atoms with Gasteiger partial charge in [-0.05, 0) is 42.0 Å². The van der Waals surface area contributed by atoms with Gasteiger partial charge in [-0.1, -0.05) is 48.5 Å². The molecule has 2 heterocycles. The van der Waals surface area contributed by atoms with Crippen LogP contribution in [-0.4, -0.2) is 15.9 Å². The minimum Gasteiger partial charge on any atom is -0.457 e. The predicted octanol–water partition coefficient (Wildman–Crippen LogP) is 7.60. The van der Waals surface area contributed by atoms with Crippen molar-refractivity contribution in [2.45, 2.75) is 6.36 Å². The van der Waals surface area contributed by atoms with Gasteiger partial charge in [0.05, 0.1) is 0 Å². The number of aromatic nitrogens is 2. The van der Waals surface area contributed by atoms with Crippen LogP contribution in [0.25, 0.3) is 33.3 Å². The van der Waals surface area contributed by atoms with E-state index in [2.05, 4.69) is 9.72 Å². The number of rotatable bonds is 5. The summed E-state index contributed by atoms with van der Waals surface area (Å²) in [6, 6.07) is 25.1. The molecule has 0 fully saturated rings. The first kappa shape index (κ1) is 21.6.